The molecule has 82 valence electrons. The van der Waals surface area contributed by atoms with E-state index in [1.54, 1.807) is 0 Å². The summed E-state index contributed by atoms with van der Waals surface area (Å²) in [5.74, 6) is 0.991. The Bertz CT molecular complexity index is 186. The first-order chi connectivity index (χ1) is 6.61. The van der Waals surface area contributed by atoms with E-state index < -0.39 is 0 Å². The Morgan fingerprint density at radius 2 is 1.86 bits per heavy atom. The van der Waals surface area contributed by atoms with Gasteiger partial charge in [-0.2, -0.15) is 0 Å². The van der Waals surface area contributed by atoms with Crippen LogP contribution in [0.25, 0.3) is 0 Å². The van der Waals surface area contributed by atoms with Crippen LogP contribution in [-0.2, 0) is 4.79 Å². The van der Waals surface area contributed by atoms with Crippen LogP contribution in [0.1, 0.15) is 33.6 Å². The summed E-state index contributed by atoms with van der Waals surface area (Å²) in [7, 11) is 0. The molecule has 1 heterocycles. The maximum Gasteiger partial charge on any atom is 0.223 e. The maximum absolute atomic E-state index is 11.8. The van der Waals surface area contributed by atoms with E-state index >= 15 is 0 Å². The van der Waals surface area contributed by atoms with Gasteiger partial charge in [-0.05, 0) is 38.8 Å². The van der Waals surface area contributed by atoms with Gasteiger partial charge in [0.05, 0.1) is 0 Å². The van der Waals surface area contributed by atoms with Gasteiger partial charge in [-0.25, -0.2) is 0 Å². The van der Waals surface area contributed by atoms with Crippen LogP contribution in [0.5, 0.6) is 0 Å². The quantitative estimate of drug-likeness (QED) is 0.714. The van der Waals surface area contributed by atoms with E-state index in [1.807, 2.05) is 0 Å². The van der Waals surface area contributed by atoms with Gasteiger partial charge in [0.25, 0.3) is 0 Å². The average Bonchev–Trinajstić information content (AvgIpc) is 2.19. The Labute approximate surface area is 86.6 Å². The zero-order valence-corrected chi connectivity index (χ0v) is 9.47. The van der Waals surface area contributed by atoms with Crippen molar-refractivity contribution in [1.82, 2.24) is 10.6 Å². The molecule has 0 aromatic carbocycles. The number of carbonyl (C=O) groups is 1. The first-order valence-electron chi connectivity index (χ1n) is 5.62. The van der Waals surface area contributed by atoms with Crippen molar-refractivity contribution >= 4 is 5.91 Å². The van der Waals surface area contributed by atoms with Gasteiger partial charge < -0.3 is 10.6 Å². The molecule has 0 aliphatic carbocycles. The second kappa shape index (κ2) is 5.35. The zero-order chi connectivity index (χ0) is 10.6. The molecule has 0 unspecified atom stereocenters. The third-order valence-electron chi connectivity index (χ3n) is 3.08. The molecule has 0 bridgehead atoms. The van der Waals surface area contributed by atoms with Crippen LogP contribution >= 0.6 is 0 Å². The molecule has 2 N–H and O–H groups in total. The van der Waals surface area contributed by atoms with E-state index in [0.29, 0.717) is 5.92 Å². The minimum Gasteiger partial charge on any atom is -0.353 e. The molecule has 1 fully saturated rings. The number of nitrogens with one attached hydrogen (secondary N) is 2. The second-order valence-corrected chi connectivity index (χ2v) is 4.57. The smallest absolute Gasteiger partial charge is 0.223 e. The normalized spacial score (nSPS) is 20.9. The van der Waals surface area contributed by atoms with Crippen LogP contribution in [0.15, 0.2) is 0 Å². The lowest BCUT2D eigenvalue weighted by Crippen LogP contribution is -2.43. The lowest BCUT2D eigenvalue weighted by Gasteiger charge is -2.25. The molecule has 0 radical (unpaired) electrons. The summed E-state index contributed by atoms with van der Waals surface area (Å²) in [5, 5.41) is 6.35. The minimum atomic E-state index is 0.234. The molecule has 0 aromatic rings. The van der Waals surface area contributed by atoms with Crippen molar-refractivity contribution in [2.24, 2.45) is 11.8 Å². The second-order valence-electron chi connectivity index (χ2n) is 4.57. The van der Waals surface area contributed by atoms with Crippen LogP contribution < -0.4 is 10.6 Å². The van der Waals surface area contributed by atoms with Gasteiger partial charge >= 0.3 is 0 Å². The van der Waals surface area contributed by atoms with E-state index in [1.165, 1.54) is 0 Å². The van der Waals surface area contributed by atoms with Gasteiger partial charge in [0.15, 0.2) is 0 Å². The molecule has 3 nitrogen and oxygen atoms in total. The van der Waals surface area contributed by atoms with Gasteiger partial charge in [0.1, 0.15) is 0 Å². The van der Waals surface area contributed by atoms with E-state index in [-0.39, 0.29) is 17.9 Å². The van der Waals surface area contributed by atoms with Crippen molar-refractivity contribution in [3.8, 4) is 0 Å². The summed E-state index contributed by atoms with van der Waals surface area (Å²) < 4.78 is 0. The molecule has 14 heavy (non-hydrogen) atoms. The highest BCUT2D eigenvalue weighted by Gasteiger charge is 2.22. The van der Waals surface area contributed by atoms with Crippen LogP contribution in [0.3, 0.4) is 0 Å². The lowest BCUT2D eigenvalue weighted by molar-refractivity contribution is -0.126. The monoisotopic (exact) mass is 198 g/mol. The number of piperidine rings is 1. The molecule has 1 atom stereocenters. The van der Waals surface area contributed by atoms with Gasteiger partial charge in [0, 0.05) is 12.0 Å². The fraction of sp³-hybridized carbons (Fsp3) is 0.909. The molecule has 0 spiro atoms. The fourth-order valence-corrected chi connectivity index (χ4v) is 1.59. The molecule has 0 saturated carbocycles. The van der Waals surface area contributed by atoms with Crippen LogP contribution in [0.4, 0.5) is 0 Å². The molecular formula is C11H22N2O. The summed E-state index contributed by atoms with van der Waals surface area (Å²) in [6.45, 7) is 8.30. The first-order valence-corrected chi connectivity index (χ1v) is 5.62. The molecule has 3 heteroatoms. The highest BCUT2D eigenvalue weighted by molar-refractivity contribution is 5.79. The number of amides is 1. The Balaban J connectivity index is 2.33. The zero-order valence-electron chi connectivity index (χ0n) is 9.47. The van der Waals surface area contributed by atoms with Crippen LogP contribution in [0, 0.1) is 11.8 Å². The molecule has 1 aliphatic rings. The molecule has 1 saturated heterocycles. The van der Waals surface area contributed by atoms with Crippen LogP contribution in [0.2, 0.25) is 0 Å². The standard InChI is InChI=1S/C11H22N2O/c1-8(2)9(3)13-11(14)10-4-6-12-7-5-10/h8-10,12H,4-7H2,1-3H3,(H,13,14)/t9-/m1/s1. The van der Waals surface area contributed by atoms with Gasteiger partial charge in [-0.3, -0.25) is 4.79 Å². The highest BCUT2D eigenvalue weighted by Crippen LogP contribution is 2.12. The summed E-state index contributed by atoms with van der Waals surface area (Å²) in [4.78, 5) is 11.8. The number of hydrogen-bond donors (Lipinski definition) is 2. The van der Waals surface area contributed by atoms with E-state index in [0.717, 1.165) is 25.9 Å². The predicted octanol–water partition coefficient (Wildman–Crippen LogP) is 1.15. The Hall–Kier alpha value is -0.570. The third-order valence-corrected chi connectivity index (χ3v) is 3.08. The minimum absolute atomic E-state index is 0.234. The van der Waals surface area contributed by atoms with E-state index in [9.17, 15) is 4.79 Å². The molecule has 1 amide bonds. The summed E-state index contributed by atoms with van der Waals surface area (Å²) in [5.41, 5.74) is 0. The third kappa shape index (κ3) is 3.29. The Kier molecular flexibility index (Phi) is 4.39. The first kappa shape index (κ1) is 11.5. The fourth-order valence-electron chi connectivity index (χ4n) is 1.59. The SMILES string of the molecule is CC(C)[C@@H](C)NC(=O)C1CCNCC1. The lowest BCUT2D eigenvalue weighted by atomic mass is 9.96. The van der Waals surface area contributed by atoms with E-state index in [4.69, 9.17) is 0 Å². The predicted molar refractivity (Wildman–Crippen MR) is 58.0 cm³/mol. The topological polar surface area (TPSA) is 41.1 Å². The largest absolute Gasteiger partial charge is 0.353 e. The van der Waals surface area contributed by atoms with Crippen LogP contribution in [-0.4, -0.2) is 25.0 Å². The average molecular weight is 198 g/mol. The van der Waals surface area contributed by atoms with Crippen molar-refractivity contribution in [2.75, 3.05) is 13.1 Å². The van der Waals surface area contributed by atoms with Crippen molar-refractivity contribution in [3.63, 3.8) is 0 Å². The Morgan fingerprint density at radius 3 is 2.36 bits per heavy atom. The molecule has 0 aromatic heterocycles. The number of rotatable bonds is 3. The summed E-state index contributed by atoms with van der Waals surface area (Å²) in [6, 6.07) is 0.289. The maximum atomic E-state index is 11.8. The number of hydrogen-bond acceptors (Lipinski definition) is 2. The highest BCUT2D eigenvalue weighted by atomic mass is 16.1. The van der Waals surface area contributed by atoms with Gasteiger partial charge in [-0.15, -0.1) is 0 Å². The molecular weight excluding hydrogens is 176 g/mol. The van der Waals surface area contributed by atoms with Gasteiger partial charge in [-0.1, -0.05) is 13.8 Å². The summed E-state index contributed by atoms with van der Waals surface area (Å²) in [6.07, 6.45) is 1.97. The van der Waals surface area contributed by atoms with Gasteiger partial charge in [0.2, 0.25) is 5.91 Å². The molecule has 1 rings (SSSR count). The Morgan fingerprint density at radius 1 is 1.29 bits per heavy atom. The van der Waals surface area contributed by atoms with Crippen molar-refractivity contribution in [2.45, 2.75) is 39.7 Å². The van der Waals surface area contributed by atoms with Crippen molar-refractivity contribution < 1.29 is 4.79 Å². The molecule has 1 aliphatic heterocycles. The number of carbonyl (C=O) groups excluding carboxylic acids is 1. The summed E-state index contributed by atoms with van der Waals surface area (Å²) >= 11 is 0. The van der Waals surface area contributed by atoms with Crippen molar-refractivity contribution in [3.05, 3.63) is 0 Å². The van der Waals surface area contributed by atoms with Crippen molar-refractivity contribution in [1.29, 1.82) is 0 Å². The van der Waals surface area contributed by atoms with E-state index in [2.05, 4.69) is 31.4 Å².